The zero-order chi connectivity index (χ0) is 31.1. The first-order chi connectivity index (χ1) is 21.6. The number of ether oxygens (including phenoxy) is 1. The van der Waals surface area contributed by atoms with Crippen molar-refractivity contribution < 1.29 is 23.0 Å². The molecule has 0 saturated carbocycles. The zero-order valence-corrected chi connectivity index (χ0v) is 25.0. The molecular formula is C35H34F3N5O2. The molecule has 4 fully saturated rings. The minimum absolute atomic E-state index is 0.0291. The lowest BCUT2D eigenvalue weighted by atomic mass is 9.93. The number of aromatic hydroxyl groups is 1. The van der Waals surface area contributed by atoms with Gasteiger partial charge in [-0.05, 0) is 68.8 Å². The van der Waals surface area contributed by atoms with Gasteiger partial charge in [-0.15, -0.1) is 6.42 Å². The van der Waals surface area contributed by atoms with Crippen molar-refractivity contribution >= 4 is 27.5 Å². The summed E-state index contributed by atoms with van der Waals surface area (Å²) >= 11 is 0. The third-order valence-corrected chi connectivity index (χ3v) is 10.3. The fourth-order valence-corrected chi connectivity index (χ4v) is 8.39. The molecule has 2 N–H and O–H groups in total. The first-order valence-electron chi connectivity index (χ1n) is 15.6. The van der Waals surface area contributed by atoms with Crippen molar-refractivity contribution in [1.82, 2.24) is 20.2 Å². The second-order valence-electron chi connectivity index (χ2n) is 13.5. The highest BCUT2D eigenvalue weighted by Crippen LogP contribution is 2.43. The summed E-state index contributed by atoms with van der Waals surface area (Å²) in [5.74, 6) is 1.14. The van der Waals surface area contributed by atoms with Crippen LogP contribution in [-0.4, -0.2) is 76.1 Å². The zero-order valence-electron chi connectivity index (χ0n) is 25.0. The van der Waals surface area contributed by atoms with Crippen LogP contribution >= 0.6 is 0 Å². The normalized spacial score (nSPS) is 27.8. The minimum atomic E-state index is -0.924. The molecular weight excluding hydrogens is 579 g/mol. The molecule has 0 spiro atoms. The molecule has 4 saturated heterocycles. The Kier molecular flexibility index (Phi) is 6.45. The molecule has 4 aliphatic rings. The molecule has 2 bridgehead atoms. The minimum Gasteiger partial charge on any atom is -0.508 e. The van der Waals surface area contributed by atoms with E-state index in [1.807, 2.05) is 0 Å². The predicted molar refractivity (Wildman–Crippen MR) is 167 cm³/mol. The van der Waals surface area contributed by atoms with E-state index in [4.69, 9.17) is 16.1 Å². The van der Waals surface area contributed by atoms with Crippen LogP contribution in [0.1, 0.15) is 44.6 Å². The third kappa shape index (κ3) is 4.59. The number of hydrogen-bond donors (Lipinski definition) is 2. The summed E-state index contributed by atoms with van der Waals surface area (Å²) in [7, 11) is 0. The monoisotopic (exact) mass is 613 g/mol. The standard InChI is InChI=1S/C35H34F3N5O2/c1-3-20-6-4-7-21-12-24(44)13-25(28(20)21)29-27(37)14-26-31(30(29)38)39-33(45-19-35-9-5-11-43(35)16-22(36)15-35)40-32(26)42-17-23-8-10-34(2,18-42)41-23/h1,4,6-7,12-14,22-23,41,44H,5,8-11,15-19H2,2H3/t22-,23-,34+,35+/m1/s1. The van der Waals surface area contributed by atoms with Crippen molar-refractivity contribution in [1.29, 1.82) is 0 Å². The highest BCUT2D eigenvalue weighted by Gasteiger charge is 2.49. The summed E-state index contributed by atoms with van der Waals surface area (Å²) in [6.07, 6.45) is 8.97. The van der Waals surface area contributed by atoms with E-state index in [9.17, 15) is 9.50 Å². The van der Waals surface area contributed by atoms with Crippen molar-refractivity contribution in [3.63, 3.8) is 0 Å². The highest BCUT2D eigenvalue weighted by molar-refractivity contribution is 6.04. The van der Waals surface area contributed by atoms with Gasteiger partial charge in [-0.2, -0.15) is 9.97 Å². The van der Waals surface area contributed by atoms with Crippen LogP contribution in [0.5, 0.6) is 11.8 Å². The number of terminal acetylenes is 1. The van der Waals surface area contributed by atoms with Crippen LogP contribution in [0.15, 0.2) is 36.4 Å². The van der Waals surface area contributed by atoms with E-state index in [0.717, 1.165) is 32.2 Å². The number of aromatic nitrogens is 2. The van der Waals surface area contributed by atoms with Crippen LogP contribution in [0.4, 0.5) is 19.0 Å². The molecule has 0 aliphatic carbocycles. The fourth-order valence-electron chi connectivity index (χ4n) is 8.39. The van der Waals surface area contributed by atoms with E-state index < -0.39 is 23.3 Å². The van der Waals surface area contributed by atoms with Crippen molar-refractivity contribution in [3.05, 3.63) is 53.6 Å². The summed E-state index contributed by atoms with van der Waals surface area (Å²) in [5.41, 5.74) is -0.461. The van der Waals surface area contributed by atoms with Crippen LogP contribution in [0, 0.1) is 24.0 Å². The van der Waals surface area contributed by atoms with Gasteiger partial charge in [0.15, 0.2) is 5.82 Å². The average Bonchev–Trinajstić information content (AvgIpc) is 3.63. The Morgan fingerprint density at radius 2 is 2.04 bits per heavy atom. The largest absolute Gasteiger partial charge is 0.508 e. The van der Waals surface area contributed by atoms with Crippen LogP contribution < -0.4 is 15.0 Å². The number of phenols is 1. The number of piperazine rings is 1. The Balaban J connectivity index is 1.30. The van der Waals surface area contributed by atoms with Crippen molar-refractivity contribution in [2.75, 3.05) is 37.7 Å². The third-order valence-electron chi connectivity index (χ3n) is 10.3. The van der Waals surface area contributed by atoms with Crippen LogP contribution in [0.3, 0.4) is 0 Å². The second-order valence-corrected chi connectivity index (χ2v) is 13.5. The van der Waals surface area contributed by atoms with Gasteiger partial charge in [0.25, 0.3) is 0 Å². The van der Waals surface area contributed by atoms with Gasteiger partial charge < -0.3 is 20.1 Å². The van der Waals surface area contributed by atoms with Crippen molar-refractivity contribution in [3.8, 4) is 35.2 Å². The molecule has 7 nitrogen and oxygen atoms in total. The summed E-state index contributed by atoms with van der Waals surface area (Å²) in [6.45, 7) is 4.74. The van der Waals surface area contributed by atoms with Gasteiger partial charge in [0.2, 0.25) is 0 Å². The molecule has 4 aliphatic heterocycles. The van der Waals surface area contributed by atoms with Crippen LogP contribution in [0.25, 0.3) is 32.8 Å². The average molecular weight is 614 g/mol. The lowest BCUT2D eigenvalue weighted by Gasteiger charge is -2.40. The molecule has 8 rings (SSSR count). The molecule has 5 heterocycles. The summed E-state index contributed by atoms with van der Waals surface area (Å²) in [4.78, 5) is 13.5. The molecule has 45 heavy (non-hydrogen) atoms. The predicted octanol–water partition coefficient (Wildman–Crippen LogP) is 5.70. The number of fused-ring (bicyclic) bond motifs is 5. The van der Waals surface area contributed by atoms with E-state index in [-0.39, 0.29) is 52.0 Å². The molecule has 232 valence electrons. The summed E-state index contributed by atoms with van der Waals surface area (Å²) in [6, 6.07) is 9.47. The van der Waals surface area contributed by atoms with Gasteiger partial charge in [0, 0.05) is 59.5 Å². The Hall–Kier alpha value is -4.07. The summed E-state index contributed by atoms with van der Waals surface area (Å²) < 4.78 is 53.8. The Labute approximate surface area is 259 Å². The molecule has 4 aromatic rings. The Morgan fingerprint density at radius 3 is 2.87 bits per heavy atom. The maximum atomic E-state index is 16.9. The summed E-state index contributed by atoms with van der Waals surface area (Å²) in [5, 5.41) is 15.5. The topological polar surface area (TPSA) is 73.8 Å². The molecule has 4 atom stereocenters. The van der Waals surface area contributed by atoms with Gasteiger partial charge in [-0.1, -0.05) is 18.1 Å². The highest BCUT2D eigenvalue weighted by atomic mass is 19.1. The maximum absolute atomic E-state index is 16.9. The first-order valence-corrected chi connectivity index (χ1v) is 15.6. The van der Waals surface area contributed by atoms with Gasteiger partial charge >= 0.3 is 6.01 Å². The van der Waals surface area contributed by atoms with E-state index >= 15 is 8.78 Å². The lowest BCUT2D eigenvalue weighted by molar-refractivity contribution is 0.107. The lowest BCUT2D eigenvalue weighted by Crippen LogP contribution is -2.58. The smallest absolute Gasteiger partial charge is 0.319 e. The second kappa shape index (κ2) is 10.2. The van der Waals surface area contributed by atoms with Gasteiger partial charge in [0.1, 0.15) is 35.7 Å². The number of nitrogens with one attached hydrogen (secondary N) is 1. The number of anilines is 1. The molecule has 0 amide bonds. The molecule has 0 radical (unpaired) electrons. The SMILES string of the molecule is C#Cc1cccc2cc(O)cc(-c3c(F)cc4c(N5C[C@H]6CC[C@@](C)(C5)N6)nc(OC[C@@]56CCCN5C[C@H](F)C6)nc4c3F)c12. The van der Waals surface area contributed by atoms with E-state index in [0.29, 0.717) is 48.2 Å². The molecule has 10 heteroatoms. The number of phenolic OH excluding ortho intramolecular Hbond substituents is 1. The molecule has 3 aromatic carbocycles. The van der Waals surface area contributed by atoms with Gasteiger partial charge in [-0.25, -0.2) is 13.2 Å². The van der Waals surface area contributed by atoms with Crippen LogP contribution in [-0.2, 0) is 0 Å². The van der Waals surface area contributed by atoms with Crippen LogP contribution in [0.2, 0.25) is 0 Å². The Bertz CT molecular complexity index is 1910. The van der Waals surface area contributed by atoms with E-state index in [1.165, 1.54) is 18.2 Å². The number of hydrogen-bond acceptors (Lipinski definition) is 7. The van der Waals surface area contributed by atoms with E-state index in [1.54, 1.807) is 18.2 Å². The van der Waals surface area contributed by atoms with E-state index in [2.05, 4.69) is 32.9 Å². The van der Waals surface area contributed by atoms with Gasteiger partial charge in [0.05, 0.1) is 11.1 Å². The molecule has 1 aromatic heterocycles. The fraction of sp³-hybridized carbons (Fsp3) is 0.429. The molecule has 0 unspecified atom stereocenters. The van der Waals surface area contributed by atoms with Crippen molar-refractivity contribution in [2.45, 2.75) is 62.3 Å². The number of halogens is 3. The first kappa shape index (κ1) is 28.4. The number of alkyl halides is 1. The Morgan fingerprint density at radius 1 is 1.18 bits per heavy atom. The van der Waals surface area contributed by atoms with Crippen molar-refractivity contribution in [2.24, 2.45) is 0 Å². The number of benzene rings is 3. The number of rotatable bonds is 5. The van der Waals surface area contributed by atoms with Gasteiger partial charge in [-0.3, -0.25) is 4.90 Å². The maximum Gasteiger partial charge on any atom is 0.319 e. The quantitative estimate of drug-likeness (QED) is 0.280. The number of nitrogens with zero attached hydrogens (tertiary/aromatic N) is 4.